The lowest BCUT2D eigenvalue weighted by Crippen LogP contribution is -2.24. The lowest BCUT2D eigenvalue weighted by Gasteiger charge is -2.26. The topological polar surface area (TPSA) is 46.8 Å². The largest absolute Gasteiger partial charge is 0.349 e. The molecule has 1 atom stereocenters. The summed E-state index contributed by atoms with van der Waals surface area (Å²) in [5.74, 6) is 1.01. The van der Waals surface area contributed by atoms with E-state index in [1.807, 2.05) is 14.0 Å². The van der Waals surface area contributed by atoms with Gasteiger partial charge in [0.15, 0.2) is 0 Å². The molecule has 4 heterocycles. The molecule has 0 aromatic carbocycles. The number of nitrogens with zero attached hydrogens (tertiary/aromatic N) is 5. The highest BCUT2D eigenvalue weighted by atomic mass is 35.5. The number of thiophene rings is 1. The molecule has 0 amide bonds. The summed E-state index contributed by atoms with van der Waals surface area (Å²) in [7, 11) is 1.89. The average Bonchev–Trinajstić information content (AvgIpc) is 3.19. The lowest BCUT2D eigenvalue weighted by molar-refractivity contribution is 0.707. The summed E-state index contributed by atoms with van der Waals surface area (Å²) in [6, 6.07) is 2.33. The van der Waals surface area contributed by atoms with Gasteiger partial charge in [-0.15, -0.1) is 11.3 Å². The second-order valence-electron chi connectivity index (χ2n) is 5.60. The molecule has 4 rings (SSSR count). The summed E-state index contributed by atoms with van der Waals surface area (Å²) in [4.78, 5) is 12.3. The van der Waals surface area contributed by atoms with Gasteiger partial charge in [-0.3, -0.25) is 4.68 Å². The van der Waals surface area contributed by atoms with Gasteiger partial charge in [-0.2, -0.15) is 5.10 Å². The van der Waals surface area contributed by atoms with Crippen molar-refractivity contribution < 1.29 is 0 Å². The van der Waals surface area contributed by atoms with Crippen molar-refractivity contribution in [2.45, 2.75) is 25.8 Å². The van der Waals surface area contributed by atoms with Gasteiger partial charge in [0, 0.05) is 19.2 Å². The zero-order valence-corrected chi connectivity index (χ0v) is 14.0. The highest BCUT2D eigenvalue weighted by Gasteiger charge is 2.32. The Kier molecular flexibility index (Phi) is 3.31. The number of anilines is 1. The first-order valence-electron chi connectivity index (χ1n) is 7.30. The van der Waals surface area contributed by atoms with Crippen LogP contribution in [0.25, 0.3) is 10.2 Å². The first-order valence-corrected chi connectivity index (χ1v) is 8.56. The van der Waals surface area contributed by atoms with Crippen LogP contribution in [0.15, 0.2) is 17.8 Å². The van der Waals surface area contributed by atoms with E-state index in [-0.39, 0.29) is 6.04 Å². The van der Waals surface area contributed by atoms with Crippen LogP contribution in [0.5, 0.6) is 0 Å². The number of aromatic nitrogens is 4. The Morgan fingerprint density at radius 3 is 3.00 bits per heavy atom. The lowest BCUT2D eigenvalue weighted by atomic mass is 10.1. The molecule has 3 aromatic rings. The Morgan fingerprint density at radius 2 is 2.23 bits per heavy atom. The fourth-order valence-corrected chi connectivity index (χ4v) is 4.38. The zero-order chi connectivity index (χ0) is 15.3. The van der Waals surface area contributed by atoms with Crippen molar-refractivity contribution in [2.75, 3.05) is 11.4 Å². The van der Waals surface area contributed by atoms with Crippen molar-refractivity contribution >= 4 is 39.0 Å². The van der Waals surface area contributed by atoms with Gasteiger partial charge in [-0.1, -0.05) is 11.6 Å². The molecular weight excluding hydrogens is 318 g/mol. The van der Waals surface area contributed by atoms with Crippen molar-refractivity contribution in [1.29, 1.82) is 0 Å². The minimum Gasteiger partial charge on any atom is -0.349 e. The first kappa shape index (κ1) is 14.0. The molecule has 0 N–H and O–H groups in total. The Morgan fingerprint density at radius 1 is 1.36 bits per heavy atom. The second kappa shape index (κ2) is 5.21. The van der Waals surface area contributed by atoms with Crippen LogP contribution in [0.4, 0.5) is 5.82 Å². The van der Waals surface area contributed by atoms with Gasteiger partial charge < -0.3 is 4.90 Å². The fourth-order valence-electron chi connectivity index (χ4n) is 3.35. The number of fused-ring (bicyclic) bond motifs is 1. The molecule has 1 aliphatic rings. The third-order valence-corrected chi connectivity index (χ3v) is 5.56. The Balaban J connectivity index is 1.83. The highest BCUT2D eigenvalue weighted by Crippen LogP contribution is 2.41. The van der Waals surface area contributed by atoms with E-state index < -0.39 is 0 Å². The van der Waals surface area contributed by atoms with Crippen molar-refractivity contribution in [2.24, 2.45) is 7.05 Å². The monoisotopic (exact) mass is 333 g/mol. The molecule has 0 saturated carbocycles. The molecule has 7 heteroatoms. The van der Waals surface area contributed by atoms with E-state index in [1.54, 1.807) is 22.3 Å². The van der Waals surface area contributed by atoms with Gasteiger partial charge in [0.05, 0.1) is 17.1 Å². The third kappa shape index (κ3) is 2.01. The van der Waals surface area contributed by atoms with Gasteiger partial charge >= 0.3 is 0 Å². The van der Waals surface area contributed by atoms with Crippen LogP contribution in [-0.2, 0) is 7.05 Å². The number of halogens is 1. The maximum absolute atomic E-state index is 6.49. The molecule has 1 saturated heterocycles. The molecule has 3 aromatic heterocycles. The molecule has 22 heavy (non-hydrogen) atoms. The maximum atomic E-state index is 6.49. The van der Waals surface area contributed by atoms with Crippen LogP contribution in [-0.4, -0.2) is 26.3 Å². The summed E-state index contributed by atoms with van der Waals surface area (Å²) in [5, 5.41) is 8.38. The van der Waals surface area contributed by atoms with E-state index in [0.29, 0.717) is 0 Å². The molecule has 1 aliphatic heterocycles. The maximum Gasteiger partial charge on any atom is 0.141 e. The number of aryl methyl sites for hydroxylation is 2. The Labute approximate surface area is 137 Å². The van der Waals surface area contributed by atoms with E-state index in [9.17, 15) is 0 Å². The van der Waals surface area contributed by atoms with Crippen LogP contribution < -0.4 is 4.90 Å². The van der Waals surface area contributed by atoms with Crippen LogP contribution in [0.3, 0.4) is 0 Å². The molecule has 0 bridgehead atoms. The molecule has 0 spiro atoms. The van der Waals surface area contributed by atoms with Crippen molar-refractivity contribution in [1.82, 2.24) is 19.7 Å². The van der Waals surface area contributed by atoms with Gasteiger partial charge in [-0.05, 0) is 31.2 Å². The number of hydrogen-bond donors (Lipinski definition) is 0. The normalized spacial score (nSPS) is 18.5. The third-order valence-electron chi connectivity index (χ3n) is 4.29. The molecule has 0 radical (unpaired) electrons. The second-order valence-corrected chi connectivity index (χ2v) is 6.85. The first-order chi connectivity index (χ1) is 10.7. The van der Waals surface area contributed by atoms with E-state index in [0.717, 1.165) is 51.8 Å². The minimum absolute atomic E-state index is 0.235. The van der Waals surface area contributed by atoms with Crippen LogP contribution in [0.2, 0.25) is 5.15 Å². The van der Waals surface area contributed by atoms with Crippen molar-refractivity contribution in [3.63, 3.8) is 0 Å². The van der Waals surface area contributed by atoms with E-state index in [1.165, 1.54) is 0 Å². The van der Waals surface area contributed by atoms with Crippen LogP contribution in [0, 0.1) is 6.92 Å². The number of rotatable bonds is 2. The molecule has 114 valence electrons. The van der Waals surface area contributed by atoms with E-state index >= 15 is 0 Å². The molecule has 0 aliphatic carbocycles. The van der Waals surface area contributed by atoms with Gasteiger partial charge in [-0.25, -0.2) is 9.97 Å². The fraction of sp³-hybridized carbons (Fsp3) is 0.400. The quantitative estimate of drug-likeness (QED) is 0.717. The predicted molar refractivity (Wildman–Crippen MR) is 89.7 cm³/mol. The average molecular weight is 334 g/mol. The summed E-state index contributed by atoms with van der Waals surface area (Å²) < 4.78 is 1.75. The zero-order valence-electron chi connectivity index (χ0n) is 12.5. The molecule has 1 fully saturated rings. The van der Waals surface area contributed by atoms with Crippen LogP contribution >= 0.6 is 22.9 Å². The SMILES string of the molecule is Cc1nn(C)c(Cl)c1[C@@H]1CCCN1c1ncnc2sccc12. The van der Waals surface area contributed by atoms with Gasteiger partial charge in [0.1, 0.15) is 22.1 Å². The van der Waals surface area contributed by atoms with Gasteiger partial charge in [0.25, 0.3) is 0 Å². The summed E-state index contributed by atoms with van der Waals surface area (Å²) >= 11 is 8.13. The van der Waals surface area contributed by atoms with Crippen molar-refractivity contribution in [3.05, 3.63) is 34.2 Å². The minimum atomic E-state index is 0.235. The molecule has 5 nitrogen and oxygen atoms in total. The summed E-state index contributed by atoms with van der Waals surface area (Å²) in [6.45, 7) is 3.01. The van der Waals surface area contributed by atoms with Crippen molar-refractivity contribution in [3.8, 4) is 0 Å². The number of hydrogen-bond acceptors (Lipinski definition) is 5. The van der Waals surface area contributed by atoms with E-state index in [4.69, 9.17) is 11.6 Å². The van der Waals surface area contributed by atoms with Crippen LogP contribution in [0.1, 0.15) is 30.1 Å². The van der Waals surface area contributed by atoms with E-state index in [2.05, 4.69) is 31.4 Å². The van der Waals surface area contributed by atoms with Gasteiger partial charge in [0.2, 0.25) is 0 Å². The standard InChI is InChI=1S/C15H16ClN5S/c1-9-12(13(16)20(2)19-9)11-4-3-6-21(11)14-10-5-7-22-15(10)18-8-17-14/h5,7-8,11H,3-4,6H2,1-2H3/t11-/m0/s1. The molecular formula is C15H16ClN5S. The predicted octanol–water partition coefficient (Wildman–Crippen LogP) is 3.73. The molecule has 0 unspecified atom stereocenters. The highest BCUT2D eigenvalue weighted by molar-refractivity contribution is 7.16. The Bertz CT molecular complexity index is 840. The Hall–Kier alpha value is -1.66. The summed E-state index contributed by atoms with van der Waals surface area (Å²) in [6.07, 6.45) is 3.86. The smallest absolute Gasteiger partial charge is 0.141 e. The summed E-state index contributed by atoms with van der Waals surface area (Å²) in [5.41, 5.74) is 2.13.